The Morgan fingerprint density at radius 2 is 1.56 bits per heavy atom. The summed E-state index contributed by atoms with van der Waals surface area (Å²) in [5.74, 6) is 1.80. The highest BCUT2D eigenvalue weighted by Crippen LogP contribution is 2.32. The van der Waals surface area contributed by atoms with Crippen molar-refractivity contribution in [1.82, 2.24) is 5.32 Å². The zero-order valence-electron chi connectivity index (χ0n) is 21.7. The second-order valence-corrected chi connectivity index (χ2v) is 9.17. The van der Waals surface area contributed by atoms with Gasteiger partial charge in [0, 0.05) is 5.56 Å². The Morgan fingerprint density at radius 1 is 0.846 bits per heavy atom. The van der Waals surface area contributed by atoms with Crippen molar-refractivity contribution in [2.75, 3.05) is 18.6 Å². The summed E-state index contributed by atoms with van der Waals surface area (Å²) < 4.78 is 17.3. The molecule has 1 aliphatic rings. The first-order valence-electron chi connectivity index (χ1n) is 12.6. The molecule has 4 aromatic carbocycles. The van der Waals surface area contributed by atoms with E-state index in [4.69, 9.17) is 26.4 Å². The maximum Gasteiger partial charge on any atom is 0.281 e. The molecule has 0 atom stereocenters. The predicted octanol–water partition coefficient (Wildman–Crippen LogP) is 6.60. The third-order valence-corrected chi connectivity index (χ3v) is 6.54. The van der Waals surface area contributed by atoms with Gasteiger partial charge >= 0.3 is 0 Å². The van der Waals surface area contributed by atoms with Crippen molar-refractivity contribution in [1.29, 1.82) is 0 Å². The maximum absolute atomic E-state index is 13.3. The van der Waals surface area contributed by atoms with Gasteiger partial charge in [0.15, 0.2) is 5.11 Å². The van der Waals surface area contributed by atoms with E-state index >= 15 is 0 Å². The van der Waals surface area contributed by atoms with Gasteiger partial charge in [-0.3, -0.25) is 4.79 Å². The van der Waals surface area contributed by atoms with Gasteiger partial charge in [0.25, 0.3) is 5.91 Å². The van der Waals surface area contributed by atoms with Crippen LogP contribution in [0.3, 0.4) is 0 Å². The van der Waals surface area contributed by atoms with Gasteiger partial charge in [-0.05, 0) is 78.3 Å². The molecule has 0 aromatic heterocycles. The average Bonchev–Trinajstić information content (AvgIpc) is 3.25. The molecule has 1 saturated heterocycles. The fraction of sp³-hybridized carbons (Fsp3) is 0.125. The number of carbonyl (C=O) groups excluding carboxylic acids is 1. The van der Waals surface area contributed by atoms with Crippen molar-refractivity contribution >= 4 is 35.0 Å². The first-order chi connectivity index (χ1) is 19.1. The highest BCUT2D eigenvalue weighted by molar-refractivity contribution is 7.80. The van der Waals surface area contributed by atoms with Crippen LogP contribution in [-0.2, 0) is 11.4 Å². The van der Waals surface area contributed by atoms with Crippen molar-refractivity contribution in [2.45, 2.75) is 13.5 Å². The van der Waals surface area contributed by atoms with E-state index in [1.807, 2.05) is 91.9 Å². The molecule has 1 aliphatic heterocycles. The van der Waals surface area contributed by atoms with Crippen LogP contribution in [-0.4, -0.2) is 24.7 Å². The van der Waals surface area contributed by atoms with Crippen LogP contribution < -0.4 is 24.4 Å². The molecule has 0 saturated carbocycles. The van der Waals surface area contributed by atoms with E-state index in [2.05, 4.69) is 17.4 Å². The van der Waals surface area contributed by atoms with E-state index in [9.17, 15) is 4.79 Å². The Kier molecular flexibility index (Phi) is 7.89. The number of carbonyl (C=O) groups is 1. The summed E-state index contributed by atoms with van der Waals surface area (Å²) in [6.07, 6.45) is 1.77. The molecule has 0 spiro atoms. The van der Waals surface area contributed by atoms with Crippen molar-refractivity contribution in [2.24, 2.45) is 0 Å². The van der Waals surface area contributed by atoms with Crippen molar-refractivity contribution in [3.63, 3.8) is 0 Å². The third kappa shape index (κ3) is 5.78. The summed E-state index contributed by atoms with van der Waals surface area (Å²) in [7, 11) is 1.62. The monoisotopic (exact) mass is 536 g/mol. The molecule has 1 fully saturated rings. The van der Waals surface area contributed by atoms with E-state index in [1.165, 1.54) is 4.90 Å². The molecule has 0 aliphatic carbocycles. The first kappa shape index (κ1) is 26.0. The molecule has 0 bridgehead atoms. The quantitative estimate of drug-likeness (QED) is 0.192. The summed E-state index contributed by atoms with van der Waals surface area (Å²) in [5.41, 5.74) is 4.92. The number of rotatable bonds is 9. The Bertz CT molecular complexity index is 1520. The molecule has 1 N–H and O–H groups in total. The second-order valence-electron chi connectivity index (χ2n) is 8.78. The average molecular weight is 537 g/mol. The highest BCUT2D eigenvalue weighted by atomic mass is 32.1. The topological polar surface area (TPSA) is 60.0 Å². The lowest BCUT2D eigenvalue weighted by molar-refractivity contribution is -0.113. The minimum Gasteiger partial charge on any atom is -0.496 e. The van der Waals surface area contributed by atoms with Crippen LogP contribution in [0, 0.1) is 0 Å². The molecule has 6 nitrogen and oxygen atoms in total. The largest absolute Gasteiger partial charge is 0.496 e. The molecule has 1 amide bonds. The molecular formula is C32H28N2O4S. The zero-order chi connectivity index (χ0) is 27.2. The van der Waals surface area contributed by atoms with Crippen LogP contribution in [0.25, 0.3) is 17.2 Å². The summed E-state index contributed by atoms with van der Waals surface area (Å²) >= 11 is 5.50. The fourth-order valence-corrected chi connectivity index (χ4v) is 4.67. The van der Waals surface area contributed by atoms with Crippen LogP contribution in [0.15, 0.2) is 103 Å². The number of hydrogen-bond donors (Lipinski definition) is 1. The summed E-state index contributed by atoms with van der Waals surface area (Å²) in [4.78, 5) is 14.8. The minimum atomic E-state index is -0.251. The lowest BCUT2D eigenvalue weighted by Crippen LogP contribution is -2.30. The third-order valence-electron chi connectivity index (χ3n) is 6.26. The van der Waals surface area contributed by atoms with E-state index in [0.29, 0.717) is 41.2 Å². The summed E-state index contributed by atoms with van der Waals surface area (Å²) in [6.45, 7) is 2.68. The van der Waals surface area contributed by atoms with E-state index in [1.54, 1.807) is 13.2 Å². The number of nitrogens with zero attached hydrogens (tertiary/aromatic N) is 1. The molecule has 196 valence electrons. The van der Waals surface area contributed by atoms with Crippen molar-refractivity contribution < 1.29 is 19.0 Å². The Balaban J connectivity index is 1.33. The van der Waals surface area contributed by atoms with Gasteiger partial charge in [0.05, 0.1) is 19.4 Å². The minimum absolute atomic E-state index is 0.251. The Labute approximate surface area is 233 Å². The SMILES string of the molecule is CCOc1ccccc1N1C(=O)/C(=C\c2ccc(OC)c(COc3ccc(-c4ccccc4)cc3)c2)NC1=S. The number of benzene rings is 4. The Morgan fingerprint density at radius 3 is 2.31 bits per heavy atom. The lowest BCUT2D eigenvalue weighted by atomic mass is 10.1. The van der Waals surface area contributed by atoms with Crippen LogP contribution >= 0.6 is 12.2 Å². The number of methoxy groups -OCH3 is 1. The number of anilines is 1. The van der Waals surface area contributed by atoms with E-state index < -0.39 is 0 Å². The van der Waals surface area contributed by atoms with Crippen molar-refractivity contribution in [3.05, 3.63) is 114 Å². The van der Waals surface area contributed by atoms with Crippen LogP contribution in [0.2, 0.25) is 0 Å². The summed E-state index contributed by atoms with van der Waals surface area (Å²) in [5, 5.41) is 3.35. The molecule has 0 unspecified atom stereocenters. The lowest BCUT2D eigenvalue weighted by Gasteiger charge is -2.18. The van der Waals surface area contributed by atoms with Crippen LogP contribution in [0.1, 0.15) is 18.1 Å². The van der Waals surface area contributed by atoms with Crippen LogP contribution in [0.4, 0.5) is 5.69 Å². The maximum atomic E-state index is 13.3. The van der Waals surface area contributed by atoms with Gasteiger partial charge < -0.3 is 19.5 Å². The highest BCUT2D eigenvalue weighted by Gasteiger charge is 2.33. The normalized spacial score (nSPS) is 13.9. The molecule has 1 heterocycles. The Hall–Kier alpha value is -4.62. The van der Waals surface area contributed by atoms with Crippen LogP contribution in [0.5, 0.6) is 17.2 Å². The predicted molar refractivity (Wildman–Crippen MR) is 158 cm³/mol. The molecular weight excluding hydrogens is 508 g/mol. The molecule has 5 rings (SSSR count). The molecule has 7 heteroatoms. The number of ether oxygens (including phenoxy) is 3. The fourth-order valence-electron chi connectivity index (χ4n) is 4.38. The number of thiocarbonyl (C=S) groups is 1. The number of para-hydroxylation sites is 2. The van der Waals surface area contributed by atoms with Gasteiger partial charge in [-0.15, -0.1) is 0 Å². The van der Waals surface area contributed by atoms with Gasteiger partial charge in [-0.2, -0.15) is 0 Å². The first-order valence-corrected chi connectivity index (χ1v) is 13.0. The molecule has 0 radical (unpaired) electrons. The van der Waals surface area contributed by atoms with Gasteiger partial charge in [0.1, 0.15) is 29.6 Å². The number of nitrogens with one attached hydrogen (secondary N) is 1. The summed E-state index contributed by atoms with van der Waals surface area (Å²) in [6, 6.07) is 31.2. The molecule has 39 heavy (non-hydrogen) atoms. The van der Waals surface area contributed by atoms with Gasteiger partial charge in [-0.1, -0.05) is 60.7 Å². The van der Waals surface area contributed by atoms with Crippen molar-refractivity contribution in [3.8, 4) is 28.4 Å². The second kappa shape index (κ2) is 11.8. The molecule has 4 aromatic rings. The zero-order valence-corrected chi connectivity index (χ0v) is 22.5. The van der Waals surface area contributed by atoms with Gasteiger partial charge in [0.2, 0.25) is 0 Å². The van der Waals surface area contributed by atoms with E-state index in [0.717, 1.165) is 28.0 Å². The number of amides is 1. The smallest absolute Gasteiger partial charge is 0.281 e. The van der Waals surface area contributed by atoms with Gasteiger partial charge in [-0.25, -0.2) is 4.90 Å². The standard InChI is InChI=1S/C32H28N2O4S/c1-3-37-30-12-8-7-11-28(30)34-31(35)27(33-32(34)39)20-22-13-18-29(36-2)25(19-22)21-38-26-16-14-24(15-17-26)23-9-5-4-6-10-23/h4-20H,3,21H2,1-2H3,(H,33,39)/b27-20+. The van der Waals surface area contributed by atoms with E-state index in [-0.39, 0.29) is 5.91 Å². The number of hydrogen-bond acceptors (Lipinski definition) is 5.